The summed E-state index contributed by atoms with van der Waals surface area (Å²) in [5.74, 6) is 1.73. The molecule has 0 aliphatic heterocycles. The molecule has 3 heteroatoms. The number of aromatic nitrogens is 2. The van der Waals surface area contributed by atoms with Crippen LogP contribution in [-0.2, 0) is 6.42 Å². The molecule has 0 atom stereocenters. The average Bonchev–Trinajstić information content (AvgIpc) is 2.46. The molecule has 0 spiro atoms. The van der Waals surface area contributed by atoms with Crippen molar-refractivity contribution in [1.29, 1.82) is 0 Å². The molecular formula is C9H15N3. The van der Waals surface area contributed by atoms with Crippen molar-refractivity contribution in [3.05, 3.63) is 17.7 Å². The van der Waals surface area contributed by atoms with Crippen molar-refractivity contribution >= 4 is 0 Å². The van der Waals surface area contributed by atoms with Crippen LogP contribution >= 0.6 is 0 Å². The van der Waals surface area contributed by atoms with E-state index in [0.29, 0.717) is 12.0 Å². The summed E-state index contributed by atoms with van der Waals surface area (Å²) in [6.45, 7) is 2.13. The summed E-state index contributed by atoms with van der Waals surface area (Å²) < 4.78 is 0. The molecule has 0 unspecified atom stereocenters. The maximum atomic E-state index is 5.70. The van der Waals surface area contributed by atoms with Crippen molar-refractivity contribution < 1.29 is 0 Å². The van der Waals surface area contributed by atoms with Crippen LogP contribution in [0.15, 0.2) is 6.20 Å². The second-order valence-corrected chi connectivity index (χ2v) is 3.58. The van der Waals surface area contributed by atoms with Gasteiger partial charge in [-0.1, -0.05) is 6.92 Å². The van der Waals surface area contributed by atoms with Gasteiger partial charge < -0.3 is 10.7 Å². The molecule has 66 valence electrons. The van der Waals surface area contributed by atoms with Crippen LogP contribution < -0.4 is 5.73 Å². The van der Waals surface area contributed by atoms with Gasteiger partial charge in [0.15, 0.2) is 0 Å². The average molecular weight is 165 g/mol. The van der Waals surface area contributed by atoms with E-state index >= 15 is 0 Å². The smallest absolute Gasteiger partial charge is 0.109 e. The van der Waals surface area contributed by atoms with E-state index in [1.165, 1.54) is 5.69 Å². The monoisotopic (exact) mass is 165 g/mol. The van der Waals surface area contributed by atoms with Crippen LogP contribution in [0.3, 0.4) is 0 Å². The zero-order chi connectivity index (χ0) is 8.55. The Kier molecular flexibility index (Phi) is 1.89. The van der Waals surface area contributed by atoms with Gasteiger partial charge in [0.2, 0.25) is 0 Å². The number of hydrogen-bond acceptors (Lipinski definition) is 2. The minimum absolute atomic E-state index is 0.408. The first-order valence-corrected chi connectivity index (χ1v) is 4.59. The quantitative estimate of drug-likeness (QED) is 0.691. The molecule has 12 heavy (non-hydrogen) atoms. The summed E-state index contributed by atoms with van der Waals surface area (Å²) in [7, 11) is 0. The normalized spacial score (nSPS) is 28.5. The number of nitrogens with two attached hydrogens (primary N) is 1. The van der Waals surface area contributed by atoms with Gasteiger partial charge in [0, 0.05) is 23.9 Å². The summed E-state index contributed by atoms with van der Waals surface area (Å²) in [5, 5.41) is 0. The third-order valence-corrected chi connectivity index (χ3v) is 2.59. The van der Waals surface area contributed by atoms with E-state index in [1.54, 1.807) is 0 Å². The maximum absolute atomic E-state index is 5.70. The van der Waals surface area contributed by atoms with Crippen LogP contribution in [0.5, 0.6) is 0 Å². The lowest BCUT2D eigenvalue weighted by molar-refractivity contribution is 0.339. The lowest BCUT2D eigenvalue weighted by atomic mass is 9.80. The molecule has 1 aromatic heterocycles. The van der Waals surface area contributed by atoms with Gasteiger partial charge in [-0.15, -0.1) is 0 Å². The van der Waals surface area contributed by atoms with E-state index in [-0.39, 0.29) is 0 Å². The molecule has 0 amide bonds. The number of imidazole rings is 1. The number of H-pyrrole nitrogens is 1. The van der Waals surface area contributed by atoms with E-state index in [1.807, 2.05) is 6.20 Å². The van der Waals surface area contributed by atoms with Gasteiger partial charge in [0.1, 0.15) is 5.82 Å². The van der Waals surface area contributed by atoms with Crippen molar-refractivity contribution in [3.8, 4) is 0 Å². The summed E-state index contributed by atoms with van der Waals surface area (Å²) in [4.78, 5) is 7.65. The summed E-state index contributed by atoms with van der Waals surface area (Å²) in [6.07, 6.45) is 5.15. The Hall–Kier alpha value is -0.830. The SMILES string of the molecule is CCc1cnc(C2CC(N)C2)[nH]1. The molecule has 0 bridgehead atoms. The third kappa shape index (κ3) is 1.25. The highest BCUT2D eigenvalue weighted by molar-refractivity contribution is 5.09. The van der Waals surface area contributed by atoms with Gasteiger partial charge in [0.05, 0.1) is 0 Å². The molecule has 0 radical (unpaired) electrons. The molecule has 1 aliphatic rings. The number of aryl methyl sites for hydroxylation is 1. The lowest BCUT2D eigenvalue weighted by Gasteiger charge is -2.30. The van der Waals surface area contributed by atoms with E-state index in [0.717, 1.165) is 25.1 Å². The van der Waals surface area contributed by atoms with Crippen LogP contribution in [0, 0.1) is 0 Å². The van der Waals surface area contributed by atoms with Crippen molar-refractivity contribution in [2.75, 3.05) is 0 Å². The highest BCUT2D eigenvalue weighted by Gasteiger charge is 2.29. The van der Waals surface area contributed by atoms with E-state index in [9.17, 15) is 0 Å². The van der Waals surface area contributed by atoms with E-state index < -0.39 is 0 Å². The number of nitrogens with one attached hydrogen (secondary N) is 1. The Morgan fingerprint density at radius 1 is 1.67 bits per heavy atom. The predicted molar refractivity (Wildman–Crippen MR) is 47.9 cm³/mol. The molecule has 1 aromatic rings. The highest BCUT2D eigenvalue weighted by atomic mass is 14.9. The first-order valence-electron chi connectivity index (χ1n) is 4.59. The van der Waals surface area contributed by atoms with Crippen LogP contribution in [0.2, 0.25) is 0 Å². The van der Waals surface area contributed by atoms with Crippen LogP contribution in [0.25, 0.3) is 0 Å². The fourth-order valence-corrected chi connectivity index (χ4v) is 1.65. The van der Waals surface area contributed by atoms with Gasteiger partial charge >= 0.3 is 0 Å². The van der Waals surface area contributed by atoms with E-state index in [2.05, 4.69) is 16.9 Å². The Balaban J connectivity index is 2.04. The number of aromatic amines is 1. The molecule has 3 N–H and O–H groups in total. The molecule has 3 nitrogen and oxygen atoms in total. The second kappa shape index (κ2) is 2.90. The molecule has 0 saturated heterocycles. The zero-order valence-corrected chi connectivity index (χ0v) is 7.38. The Morgan fingerprint density at radius 3 is 2.92 bits per heavy atom. The molecule has 1 heterocycles. The van der Waals surface area contributed by atoms with Crippen molar-refractivity contribution in [3.63, 3.8) is 0 Å². The van der Waals surface area contributed by atoms with Crippen molar-refractivity contribution in [2.45, 2.75) is 38.1 Å². The number of hydrogen-bond donors (Lipinski definition) is 2. The van der Waals surface area contributed by atoms with Crippen LogP contribution in [0.4, 0.5) is 0 Å². The standard InChI is InChI=1S/C9H15N3/c1-2-8-5-11-9(12-8)6-3-7(10)4-6/h5-7H,2-4,10H2,1H3,(H,11,12). The maximum Gasteiger partial charge on any atom is 0.109 e. The minimum Gasteiger partial charge on any atom is -0.346 e. The van der Waals surface area contributed by atoms with E-state index in [4.69, 9.17) is 5.73 Å². The van der Waals surface area contributed by atoms with Gasteiger partial charge in [-0.3, -0.25) is 0 Å². The molecule has 0 aromatic carbocycles. The van der Waals surface area contributed by atoms with Crippen LogP contribution in [0.1, 0.15) is 37.2 Å². The summed E-state index contributed by atoms with van der Waals surface area (Å²) in [6, 6.07) is 0.408. The topological polar surface area (TPSA) is 54.7 Å². The molecular weight excluding hydrogens is 150 g/mol. The first-order chi connectivity index (χ1) is 5.79. The number of nitrogens with zero attached hydrogens (tertiary/aromatic N) is 1. The molecule has 1 aliphatic carbocycles. The Morgan fingerprint density at radius 2 is 2.42 bits per heavy atom. The molecule has 1 fully saturated rings. The van der Waals surface area contributed by atoms with Crippen molar-refractivity contribution in [1.82, 2.24) is 9.97 Å². The van der Waals surface area contributed by atoms with Crippen LogP contribution in [-0.4, -0.2) is 16.0 Å². The summed E-state index contributed by atoms with van der Waals surface area (Å²) >= 11 is 0. The van der Waals surface area contributed by atoms with Gasteiger partial charge in [-0.25, -0.2) is 4.98 Å². The van der Waals surface area contributed by atoms with Gasteiger partial charge in [-0.05, 0) is 19.3 Å². The third-order valence-electron chi connectivity index (χ3n) is 2.59. The Labute approximate surface area is 72.4 Å². The molecule has 2 rings (SSSR count). The largest absolute Gasteiger partial charge is 0.346 e. The fraction of sp³-hybridized carbons (Fsp3) is 0.667. The second-order valence-electron chi connectivity index (χ2n) is 3.58. The fourth-order valence-electron chi connectivity index (χ4n) is 1.65. The van der Waals surface area contributed by atoms with Gasteiger partial charge in [-0.2, -0.15) is 0 Å². The van der Waals surface area contributed by atoms with Crippen molar-refractivity contribution in [2.24, 2.45) is 5.73 Å². The molecule has 1 saturated carbocycles. The highest BCUT2D eigenvalue weighted by Crippen LogP contribution is 2.33. The minimum atomic E-state index is 0.408. The predicted octanol–water partition coefficient (Wildman–Crippen LogP) is 1.18. The van der Waals surface area contributed by atoms with Gasteiger partial charge in [0.25, 0.3) is 0 Å². The zero-order valence-electron chi connectivity index (χ0n) is 7.38. The first kappa shape index (κ1) is 7.80. The number of rotatable bonds is 2. The Bertz CT molecular complexity index is 260. The lowest BCUT2D eigenvalue weighted by Crippen LogP contribution is -2.35. The summed E-state index contributed by atoms with van der Waals surface area (Å²) in [5.41, 5.74) is 6.93.